The summed E-state index contributed by atoms with van der Waals surface area (Å²) < 4.78 is 28.8. The van der Waals surface area contributed by atoms with Gasteiger partial charge in [-0.05, 0) is 43.6 Å². The highest BCUT2D eigenvalue weighted by Crippen LogP contribution is 2.38. The fourth-order valence-corrected chi connectivity index (χ4v) is 5.37. The smallest absolute Gasteiger partial charge is 0.281 e. The molecule has 1 atom stereocenters. The third kappa shape index (κ3) is 2.99. The number of halogens is 1. The second kappa shape index (κ2) is 6.08. The van der Waals surface area contributed by atoms with Gasteiger partial charge in [0.2, 0.25) is 0 Å². The summed E-state index contributed by atoms with van der Waals surface area (Å²) in [5.41, 5.74) is 0.218. The number of hydrogen-bond donors (Lipinski definition) is 1. The van der Waals surface area contributed by atoms with E-state index in [1.807, 2.05) is 0 Å². The molecule has 0 amide bonds. The van der Waals surface area contributed by atoms with Gasteiger partial charge in [0.05, 0.1) is 0 Å². The molecule has 3 rings (SSSR count). The Morgan fingerprint density at radius 2 is 1.80 bits per heavy atom. The second-order valence-electron chi connectivity index (χ2n) is 6.60. The van der Waals surface area contributed by atoms with Crippen LogP contribution < -0.4 is 5.32 Å². The Labute approximate surface area is 128 Å². The van der Waals surface area contributed by atoms with Crippen molar-refractivity contribution in [1.82, 2.24) is 13.9 Å². The molecule has 0 aliphatic carbocycles. The highest BCUT2D eigenvalue weighted by atomic mass is 35.5. The van der Waals surface area contributed by atoms with Gasteiger partial charge in [0.25, 0.3) is 10.2 Å². The molecule has 3 aliphatic heterocycles. The average Bonchev–Trinajstić information content (AvgIpc) is 3.01. The van der Waals surface area contributed by atoms with Crippen molar-refractivity contribution in [3.05, 3.63) is 0 Å². The van der Waals surface area contributed by atoms with Crippen LogP contribution in [0.5, 0.6) is 0 Å². The van der Waals surface area contributed by atoms with Gasteiger partial charge in [0, 0.05) is 32.7 Å². The number of piperidine rings is 1. The second-order valence-corrected chi connectivity index (χ2v) is 8.53. The first-order chi connectivity index (χ1) is 9.02. The molecule has 0 saturated carbocycles. The highest BCUT2D eigenvalue weighted by Gasteiger charge is 2.45. The van der Waals surface area contributed by atoms with Gasteiger partial charge in [-0.25, -0.2) is 0 Å². The lowest BCUT2D eigenvalue weighted by atomic mass is 9.87. The zero-order valence-electron chi connectivity index (χ0n) is 12.2. The summed E-state index contributed by atoms with van der Waals surface area (Å²) in [4.78, 5) is 0. The first-order valence-electron chi connectivity index (χ1n) is 7.48. The zero-order valence-corrected chi connectivity index (χ0v) is 13.8. The van der Waals surface area contributed by atoms with Crippen molar-refractivity contribution >= 4 is 22.6 Å². The van der Waals surface area contributed by atoms with E-state index in [0.717, 1.165) is 38.8 Å². The summed E-state index contributed by atoms with van der Waals surface area (Å²) in [5.74, 6) is 0.662. The predicted molar refractivity (Wildman–Crippen MR) is 82.2 cm³/mol. The molecule has 0 aromatic heterocycles. The quantitative estimate of drug-likeness (QED) is 0.827. The Kier molecular flexibility index (Phi) is 5.02. The summed E-state index contributed by atoms with van der Waals surface area (Å²) in [7, 11) is -3.21. The highest BCUT2D eigenvalue weighted by molar-refractivity contribution is 7.86. The monoisotopic (exact) mass is 323 g/mol. The van der Waals surface area contributed by atoms with Crippen molar-refractivity contribution in [3.63, 3.8) is 0 Å². The van der Waals surface area contributed by atoms with E-state index >= 15 is 0 Å². The predicted octanol–water partition coefficient (Wildman–Crippen LogP) is 1.07. The van der Waals surface area contributed by atoms with Gasteiger partial charge < -0.3 is 5.32 Å². The van der Waals surface area contributed by atoms with Gasteiger partial charge in [-0.3, -0.25) is 0 Å². The van der Waals surface area contributed by atoms with E-state index in [1.165, 1.54) is 0 Å². The number of nitrogens with zero attached hydrogens (tertiary/aromatic N) is 2. The number of hydrogen-bond acceptors (Lipinski definition) is 3. The molecule has 3 heterocycles. The third-order valence-corrected chi connectivity index (χ3v) is 7.11. The Balaban J connectivity index is 0.00000147. The summed E-state index contributed by atoms with van der Waals surface area (Å²) in [6.07, 6.45) is 4.14. The van der Waals surface area contributed by atoms with E-state index in [4.69, 9.17) is 0 Å². The van der Waals surface area contributed by atoms with Crippen LogP contribution >= 0.6 is 12.4 Å². The molecule has 0 radical (unpaired) electrons. The molecule has 1 spiro atoms. The number of nitrogens with one attached hydrogen (secondary N) is 1. The van der Waals surface area contributed by atoms with Crippen molar-refractivity contribution in [2.45, 2.75) is 32.6 Å². The maximum absolute atomic E-state index is 12.7. The molecule has 3 aliphatic rings. The van der Waals surface area contributed by atoms with E-state index in [-0.39, 0.29) is 17.8 Å². The number of rotatable bonds is 2. The van der Waals surface area contributed by atoms with Crippen LogP contribution in [-0.2, 0) is 10.2 Å². The van der Waals surface area contributed by atoms with Crippen molar-refractivity contribution in [3.8, 4) is 0 Å². The molecule has 5 nitrogen and oxygen atoms in total. The van der Waals surface area contributed by atoms with Crippen molar-refractivity contribution in [2.24, 2.45) is 11.3 Å². The molecule has 118 valence electrons. The molecule has 20 heavy (non-hydrogen) atoms. The topological polar surface area (TPSA) is 52.7 Å². The first-order valence-corrected chi connectivity index (χ1v) is 8.88. The SMILES string of the molecule is CC1CCN(S(=O)(=O)N2CCC3(CCNC3)C2)CC1.Cl. The summed E-state index contributed by atoms with van der Waals surface area (Å²) in [6, 6.07) is 0. The van der Waals surface area contributed by atoms with E-state index < -0.39 is 10.2 Å². The summed E-state index contributed by atoms with van der Waals surface area (Å²) >= 11 is 0. The van der Waals surface area contributed by atoms with E-state index in [9.17, 15) is 8.42 Å². The maximum Gasteiger partial charge on any atom is 0.281 e. The van der Waals surface area contributed by atoms with Crippen LogP contribution in [0.3, 0.4) is 0 Å². The largest absolute Gasteiger partial charge is 0.316 e. The fraction of sp³-hybridized carbons (Fsp3) is 1.00. The molecule has 1 unspecified atom stereocenters. The summed E-state index contributed by atoms with van der Waals surface area (Å²) in [6.45, 7) is 7.05. The van der Waals surface area contributed by atoms with Gasteiger partial charge in [0.1, 0.15) is 0 Å². The minimum absolute atomic E-state index is 0. The minimum Gasteiger partial charge on any atom is -0.316 e. The molecule has 3 fully saturated rings. The molecule has 0 aromatic carbocycles. The van der Waals surface area contributed by atoms with E-state index in [1.54, 1.807) is 8.61 Å². The molecular formula is C13H26ClN3O2S. The molecule has 0 bridgehead atoms. The maximum atomic E-state index is 12.7. The molecule has 0 aromatic rings. The van der Waals surface area contributed by atoms with Crippen LogP contribution in [0.25, 0.3) is 0 Å². The van der Waals surface area contributed by atoms with Crippen molar-refractivity contribution in [1.29, 1.82) is 0 Å². The van der Waals surface area contributed by atoms with E-state index in [2.05, 4.69) is 12.2 Å². The van der Waals surface area contributed by atoms with Gasteiger partial charge in [0.15, 0.2) is 0 Å². The van der Waals surface area contributed by atoms with Crippen LogP contribution in [0.1, 0.15) is 32.6 Å². The van der Waals surface area contributed by atoms with Crippen LogP contribution in [0.15, 0.2) is 0 Å². The Morgan fingerprint density at radius 3 is 2.40 bits per heavy atom. The molecular weight excluding hydrogens is 298 g/mol. The normalized spacial score (nSPS) is 33.6. The van der Waals surface area contributed by atoms with Gasteiger partial charge in [-0.2, -0.15) is 17.0 Å². The Hall–Kier alpha value is 0.120. The average molecular weight is 324 g/mol. The van der Waals surface area contributed by atoms with Gasteiger partial charge >= 0.3 is 0 Å². The fourth-order valence-electron chi connectivity index (χ4n) is 3.61. The Morgan fingerprint density at radius 1 is 1.10 bits per heavy atom. The standard InChI is InChI=1S/C13H25N3O2S.ClH/c1-12-2-7-15(8-3-12)19(17,18)16-9-5-13(11-16)4-6-14-10-13;/h12,14H,2-11H2,1H3;1H. The summed E-state index contributed by atoms with van der Waals surface area (Å²) in [5, 5.41) is 3.38. The first kappa shape index (κ1) is 16.5. The Bertz CT molecular complexity index is 429. The lowest BCUT2D eigenvalue weighted by Crippen LogP contribution is -2.46. The molecule has 7 heteroatoms. The molecule has 1 N–H and O–H groups in total. The van der Waals surface area contributed by atoms with Gasteiger partial charge in [-0.1, -0.05) is 6.92 Å². The van der Waals surface area contributed by atoms with Crippen molar-refractivity contribution < 1.29 is 8.42 Å². The molecule has 3 saturated heterocycles. The third-order valence-electron chi connectivity index (χ3n) is 5.13. The van der Waals surface area contributed by atoms with Crippen LogP contribution in [0.4, 0.5) is 0 Å². The lowest BCUT2D eigenvalue weighted by molar-refractivity contribution is 0.264. The lowest BCUT2D eigenvalue weighted by Gasteiger charge is -2.33. The van der Waals surface area contributed by atoms with Crippen molar-refractivity contribution in [2.75, 3.05) is 39.3 Å². The van der Waals surface area contributed by atoms with Crippen LogP contribution in [0, 0.1) is 11.3 Å². The minimum atomic E-state index is -3.21. The van der Waals surface area contributed by atoms with Crippen LogP contribution in [0.2, 0.25) is 0 Å². The van der Waals surface area contributed by atoms with Gasteiger partial charge in [-0.15, -0.1) is 12.4 Å². The van der Waals surface area contributed by atoms with E-state index in [0.29, 0.717) is 32.1 Å². The van der Waals surface area contributed by atoms with Crippen LogP contribution in [-0.4, -0.2) is 56.3 Å². The zero-order chi connectivity index (χ0) is 13.5.